The molecule has 8 heteroatoms. The lowest BCUT2D eigenvalue weighted by atomic mass is 10.1. The van der Waals surface area contributed by atoms with Gasteiger partial charge in [0.25, 0.3) is 11.7 Å². The molecule has 8 nitrogen and oxygen atoms in total. The average molecular weight is 263 g/mol. The quantitative estimate of drug-likeness (QED) is 0.808. The van der Waals surface area contributed by atoms with Crippen LogP contribution in [0.1, 0.15) is 29.9 Å². The van der Waals surface area contributed by atoms with Crippen molar-refractivity contribution in [1.82, 2.24) is 24.9 Å². The SMILES string of the molecule is Cc1c(C(=O)NC(C)(C)C(=O)O)cnc2ncnn12. The highest BCUT2D eigenvalue weighted by atomic mass is 16.4. The summed E-state index contributed by atoms with van der Waals surface area (Å²) in [5, 5.41) is 15.4. The third kappa shape index (κ3) is 2.24. The minimum absolute atomic E-state index is 0.257. The standard InChI is InChI=1S/C11H13N5O3/c1-6-7(4-12-10-13-5-14-16(6)10)8(17)15-11(2,3)9(18)19/h4-5H,1-3H3,(H,15,17)(H,18,19). The van der Waals surface area contributed by atoms with Crippen LogP contribution < -0.4 is 5.32 Å². The number of rotatable bonds is 3. The maximum Gasteiger partial charge on any atom is 0.328 e. The van der Waals surface area contributed by atoms with Crippen molar-refractivity contribution in [3.8, 4) is 0 Å². The fraction of sp³-hybridized carbons (Fsp3) is 0.364. The lowest BCUT2D eigenvalue weighted by Crippen LogP contribution is -2.49. The number of carbonyl (C=O) groups excluding carboxylic acids is 1. The highest BCUT2D eigenvalue weighted by Crippen LogP contribution is 2.10. The average Bonchev–Trinajstić information content (AvgIpc) is 2.77. The highest BCUT2D eigenvalue weighted by Gasteiger charge is 2.30. The molecule has 0 radical (unpaired) electrons. The Kier molecular flexibility index (Phi) is 2.93. The van der Waals surface area contributed by atoms with Crippen LogP contribution in [0.5, 0.6) is 0 Å². The lowest BCUT2D eigenvalue weighted by Gasteiger charge is -2.21. The van der Waals surface area contributed by atoms with Gasteiger partial charge in [0.1, 0.15) is 11.9 Å². The molecular weight excluding hydrogens is 250 g/mol. The van der Waals surface area contributed by atoms with E-state index in [1.54, 1.807) is 6.92 Å². The Morgan fingerprint density at radius 2 is 2.05 bits per heavy atom. The Balaban J connectivity index is 2.37. The van der Waals surface area contributed by atoms with Crippen LogP contribution in [-0.2, 0) is 4.79 Å². The first-order valence-electron chi connectivity index (χ1n) is 5.54. The first-order valence-corrected chi connectivity index (χ1v) is 5.54. The summed E-state index contributed by atoms with van der Waals surface area (Å²) in [7, 11) is 0. The smallest absolute Gasteiger partial charge is 0.328 e. The Morgan fingerprint density at radius 1 is 1.37 bits per heavy atom. The molecule has 2 aromatic rings. The summed E-state index contributed by atoms with van der Waals surface area (Å²) in [5.41, 5.74) is -0.561. The van der Waals surface area contributed by atoms with Gasteiger partial charge in [0.2, 0.25) is 0 Å². The molecule has 0 aromatic carbocycles. The van der Waals surface area contributed by atoms with E-state index >= 15 is 0 Å². The van der Waals surface area contributed by atoms with Crippen LogP contribution in [0.25, 0.3) is 5.78 Å². The van der Waals surface area contributed by atoms with Gasteiger partial charge in [-0.15, -0.1) is 0 Å². The summed E-state index contributed by atoms with van der Waals surface area (Å²) in [6.45, 7) is 4.50. The van der Waals surface area contributed by atoms with Gasteiger partial charge in [-0.3, -0.25) is 4.79 Å². The van der Waals surface area contributed by atoms with E-state index in [4.69, 9.17) is 5.11 Å². The van der Waals surface area contributed by atoms with E-state index in [1.165, 1.54) is 30.9 Å². The molecule has 0 fully saturated rings. The van der Waals surface area contributed by atoms with Gasteiger partial charge in [0.15, 0.2) is 0 Å². The molecule has 0 saturated heterocycles. The second-order valence-corrected chi connectivity index (χ2v) is 4.61. The number of nitrogens with one attached hydrogen (secondary N) is 1. The number of nitrogens with zero attached hydrogens (tertiary/aromatic N) is 4. The monoisotopic (exact) mass is 263 g/mol. The van der Waals surface area contributed by atoms with E-state index in [0.717, 1.165) is 0 Å². The molecule has 0 aliphatic rings. The molecule has 2 N–H and O–H groups in total. The van der Waals surface area contributed by atoms with Crippen molar-refractivity contribution >= 4 is 17.7 Å². The maximum atomic E-state index is 12.1. The topological polar surface area (TPSA) is 109 Å². The van der Waals surface area contributed by atoms with Gasteiger partial charge in [0.05, 0.1) is 11.3 Å². The summed E-state index contributed by atoms with van der Waals surface area (Å²) >= 11 is 0. The van der Waals surface area contributed by atoms with Crippen LogP contribution >= 0.6 is 0 Å². The summed E-state index contributed by atoms with van der Waals surface area (Å²) in [5.74, 6) is -1.25. The Labute approximate surface area is 108 Å². The van der Waals surface area contributed by atoms with Crippen molar-refractivity contribution in [3.63, 3.8) is 0 Å². The van der Waals surface area contributed by atoms with Gasteiger partial charge < -0.3 is 10.4 Å². The predicted octanol–water partition coefficient (Wildman–Crippen LogP) is 0.0257. The van der Waals surface area contributed by atoms with E-state index < -0.39 is 17.4 Å². The van der Waals surface area contributed by atoms with Crippen LogP contribution in [0.2, 0.25) is 0 Å². The van der Waals surface area contributed by atoms with Crippen molar-refractivity contribution < 1.29 is 14.7 Å². The molecule has 0 aliphatic heterocycles. The fourth-order valence-corrected chi connectivity index (χ4v) is 1.52. The predicted molar refractivity (Wildman–Crippen MR) is 64.7 cm³/mol. The summed E-state index contributed by atoms with van der Waals surface area (Å²) in [4.78, 5) is 30.9. The molecule has 2 rings (SSSR count). The molecule has 0 unspecified atom stereocenters. The van der Waals surface area contributed by atoms with Gasteiger partial charge in [-0.2, -0.15) is 10.1 Å². The molecule has 100 valence electrons. The zero-order chi connectivity index (χ0) is 14.2. The van der Waals surface area contributed by atoms with E-state index in [-0.39, 0.29) is 5.56 Å². The van der Waals surface area contributed by atoms with E-state index in [2.05, 4.69) is 20.4 Å². The van der Waals surface area contributed by atoms with E-state index in [9.17, 15) is 9.59 Å². The van der Waals surface area contributed by atoms with Crippen molar-refractivity contribution in [2.24, 2.45) is 0 Å². The fourth-order valence-electron chi connectivity index (χ4n) is 1.52. The first kappa shape index (κ1) is 12.9. The molecule has 2 heterocycles. The number of carbonyl (C=O) groups is 2. The largest absolute Gasteiger partial charge is 0.480 e. The van der Waals surface area contributed by atoms with Gasteiger partial charge in [0, 0.05) is 6.20 Å². The van der Waals surface area contributed by atoms with Gasteiger partial charge >= 0.3 is 5.97 Å². The Morgan fingerprint density at radius 3 is 2.68 bits per heavy atom. The van der Waals surface area contributed by atoms with E-state index in [1.807, 2.05) is 0 Å². The summed E-state index contributed by atoms with van der Waals surface area (Å²) in [6, 6.07) is 0. The third-order valence-electron chi connectivity index (χ3n) is 2.75. The van der Waals surface area contributed by atoms with E-state index in [0.29, 0.717) is 11.5 Å². The van der Waals surface area contributed by atoms with Crippen molar-refractivity contribution in [2.75, 3.05) is 0 Å². The summed E-state index contributed by atoms with van der Waals surface area (Å²) in [6.07, 6.45) is 2.69. The molecular formula is C11H13N5O3. The molecule has 0 atom stereocenters. The van der Waals surface area contributed by atoms with Crippen molar-refractivity contribution in [2.45, 2.75) is 26.3 Å². The number of fused-ring (bicyclic) bond motifs is 1. The number of aryl methyl sites for hydroxylation is 1. The Bertz CT molecular complexity index is 661. The van der Waals surface area contributed by atoms with Crippen LogP contribution in [0.15, 0.2) is 12.5 Å². The lowest BCUT2D eigenvalue weighted by molar-refractivity contribution is -0.143. The van der Waals surface area contributed by atoms with Gasteiger partial charge in [-0.1, -0.05) is 0 Å². The van der Waals surface area contributed by atoms with Gasteiger partial charge in [-0.25, -0.2) is 14.3 Å². The van der Waals surface area contributed by atoms with Crippen LogP contribution in [-0.4, -0.2) is 42.1 Å². The number of amides is 1. The van der Waals surface area contributed by atoms with Crippen molar-refractivity contribution in [3.05, 3.63) is 23.8 Å². The maximum absolute atomic E-state index is 12.1. The zero-order valence-corrected chi connectivity index (χ0v) is 10.7. The van der Waals surface area contributed by atoms with Crippen LogP contribution in [0.4, 0.5) is 0 Å². The molecule has 19 heavy (non-hydrogen) atoms. The molecule has 1 amide bonds. The number of carboxylic acids is 1. The number of hydrogen-bond acceptors (Lipinski definition) is 5. The molecule has 0 saturated carbocycles. The van der Waals surface area contributed by atoms with Crippen LogP contribution in [0, 0.1) is 6.92 Å². The third-order valence-corrected chi connectivity index (χ3v) is 2.75. The number of hydrogen-bond donors (Lipinski definition) is 2. The number of aromatic nitrogens is 4. The number of aliphatic carboxylic acids is 1. The first-order chi connectivity index (χ1) is 8.83. The summed E-state index contributed by atoms with van der Waals surface area (Å²) < 4.78 is 1.42. The molecule has 0 aliphatic carbocycles. The normalized spacial score (nSPS) is 11.5. The number of carboxylic acid groups (broad SMARTS) is 1. The minimum Gasteiger partial charge on any atom is -0.480 e. The molecule has 0 bridgehead atoms. The minimum atomic E-state index is -1.36. The van der Waals surface area contributed by atoms with Crippen LogP contribution in [0.3, 0.4) is 0 Å². The van der Waals surface area contributed by atoms with Crippen molar-refractivity contribution in [1.29, 1.82) is 0 Å². The van der Waals surface area contributed by atoms with Gasteiger partial charge in [-0.05, 0) is 20.8 Å². The Hall–Kier alpha value is -2.51. The second-order valence-electron chi connectivity index (χ2n) is 4.61. The molecule has 0 spiro atoms. The highest BCUT2D eigenvalue weighted by molar-refractivity contribution is 5.98. The molecule has 2 aromatic heterocycles. The second kappa shape index (κ2) is 4.30. The zero-order valence-electron chi connectivity index (χ0n) is 10.7.